The van der Waals surface area contributed by atoms with Crippen LogP contribution in [-0.2, 0) is 11.2 Å². The van der Waals surface area contributed by atoms with Crippen molar-refractivity contribution in [3.63, 3.8) is 0 Å². The number of amides is 1. The number of fused-ring (bicyclic) bond motifs is 1. The lowest BCUT2D eigenvalue weighted by molar-refractivity contribution is -0.141. The van der Waals surface area contributed by atoms with Crippen molar-refractivity contribution in [3.05, 3.63) is 65.5 Å². The largest absolute Gasteiger partial charge is 0.481 e. The highest BCUT2D eigenvalue weighted by atomic mass is 16.5. The van der Waals surface area contributed by atoms with Gasteiger partial charge in [-0.05, 0) is 28.7 Å². The van der Waals surface area contributed by atoms with Crippen LogP contribution in [0.4, 0.5) is 0 Å². The molecule has 2 aromatic carbocycles. The number of benzene rings is 2. The second kappa shape index (κ2) is 8.03. The maximum Gasteiger partial charge on any atom is 0.308 e. The smallest absolute Gasteiger partial charge is 0.308 e. The molecule has 0 fully saturated rings. The standard InChI is InChI=1S/C21H22N2O4/c1-13(2)18-11-19(27-23-18)20(24)22-12-16(21(25)26)10-15-8-5-7-14-6-3-4-9-17(14)15/h3-9,11,13,16H,10,12H2,1-2H3,(H,22,24)(H,25,26). The van der Waals surface area contributed by atoms with Gasteiger partial charge in [0.25, 0.3) is 5.91 Å². The third-order valence-electron chi connectivity index (χ3n) is 4.55. The van der Waals surface area contributed by atoms with Crippen LogP contribution in [0.3, 0.4) is 0 Å². The molecule has 3 aromatic rings. The van der Waals surface area contributed by atoms with Crippen molar-refractivity contribution in [2.24, 2.45) is 5.92 Å². The van der Waals surface area contributed by atoms with Crippen LogP contribution < -0.4 is 5.32 Å². The molecule has 0 aliphatic carbocycles. The maximum absolute atomic E-state index is 12.2. The summed E-state index contributed by atoms with van der Waals surface area (Å²) in [7, 11) is 0. The van der Waals surface area contributed by atoms with Crippen molar-refractivity contribution >= 4 is 22.6 Å². The molecule has 0 bridgehead atoms. The molecular formula is C21H22N2O4. The highest BCUT2D eigenvalue weighted by molar-refractivity contribution is 5.91. The average molecular weight is 366 g/mol. The molecule has 1 amide bonds. The van der Waals surface area contributed by atoms with Gasteiger partial charge >= 0.3 is 5.97 Å². The number of nitrogens with one attached hydrogen (secondary N) is 1. The van der Waals surface area contributed by atoms with Gasteiger partial charge < -0.3 is 14.9 Å². The van der Waals surface area contributed by atoms with Gasteiger partial charge in [0.1, 0.15) is 0 Å². The first-order valence-electron chi connectivity index (χ1n) is 8.90. The fourth-order valence-electron chi connectivity index (χ4n) is 2.95. The number of carbonyl (C=O) groups excluding carboxylic acids is 1. The molecule has 0 spiro atoms. The first kappa shape index (κ1) is 18.6. The molecule has 1 heterocycles. The van der Waals surface area contributed by atoms with E-state index in [1.807, 2.05) is 56.3 Å². The highest BCUT2D eigenvalue weighted by Gasteiger charge is 2.22. The molecule has 6 nitrogen and oxygen atoms in total. The first-order valence-corrected chi connectivity index (χ1v) is 8.90. The van der Waals surface area contributed by atoms with Gasteiger partial charge in [0, 0.05) is 12.6 Å². The molecule has 0 saturated heterocycles. The zero-order valence-corrected chi connectivity index (χ0v) is 15.3. The number of hydrogen-bond donors (Lipinski definition) is 2. The number of aromatic nitrogens is 1. The summed E-state index contributed by atoms with van der Waals surface area (Å²) in [5.41, 5.74) is 1.63. The third-order valence-corrected chi connectivity index (χ3v) is 4.55. The Bertz CT molecular complexity index is 956. The number of aliphatic carboxylic acids is 1. The van der Waals surface area contributed by atoms with Crippen LogP contribution in [-0.4, -0.2) is 28.7 Å². The zero-order chi connectivity index (χ0) is 19.4. The van der Waals surface area contributed by atoms with E-state index in [0.717, 1.165) is 16.3 Å². The van der Waals surface area contributed by atoms with Gasteiger partial charge in [-0.3, -0.25) is 9.59 Å². The molecule has 1 aromatic heterocycles. The van der Waals surface area contributed by atoms with Crippen molar-refractivity contribution in [2.75, 3.05) is 6.54 Å². The summed E-state index contributed by atoms with van der Waals surface area (Å²) in [6.07, 6.45) is 0.324. The van der Waals surface area contributed by atoms with Crippen molar-refractivity contribution < 1.29 is 19.2 Å². The molecule has 0 aliphatic heterocycles. The minimum Gasteiger partial charge on any atom is -0.481 e. The van der Waals surface area contributed by atoms with Gasteiger partial charge in [-0.2, -0.15) is 0 Å². The molecule has 2 N–H and O–H groups in total. The maximum atomic E-state index is 12.2. The van der Waals surface area contributed by atoms with Gasteiger partial charge in [0.15, 0.2) is 0 Å². The second-order valence-electron chi connectivity index (χ2n) is 6.86. The Hall–Kier alpha value is -3.15. The van der Waals surface area contributed by atoms with E-state index < -0.39 is 17.8 Å². The molecule has 0 aliphatic rings. The molecule has 0 saturated carbocycles. The van der Waals surface area contributed by atoms with E-state index in [1.54, 1.807) is 6.07 Å². The summed E-state index contributed by atoms with van der Waals surface area (Å²) < 4.78 is 5.05. The molecule has 3 rings (SSSR count). The Labute approximate surface area is 157 Å². The second-order valence-corrected chi connectivity index (χ2v) is 6.86. The number of rotatable bonds is 7. The van der Waals surface area contributed by atoms with Gasteiger partial charge in [-0.25, -0.2) is 0 Å². The number of carboxylic acid groups (broad SMARTS) is 1. The Balaban J connectivity index is 1.70. The predicted octanol–water partition coefficient (Wildman–Crippen LogP) is 3.62. The van der Waals surface area contributed by atoms with E-state index in [-0.39, 0.29) is 18.2 Å². The molecule has 0 radical (unpaired) electrons. The minimum absolute atomic E-state index is 0.00903. The summed E-state index contributed by atoms with van der Waals surface area (Å²) >= 11 is 0. The first-order chi connectivity index (χ1) is 13.0. The van der Waals surface area contributed by atoms with E-state index in [1.165, 1.54) is 0 Å². The lowest BCUT2D eigenvalue weighted by atomic mass is 9.95. The van der Waals surface area contributed by atoms with E-state index in [9.17, 15) is 14.7 Å². The van der Waals surface area contributed by atoms with Crippen LogP contribution in [0.5, 0.6) is 0 Å². The topological polar surface area (TPSA) is 92.4 Å². The molecule has 140 valence electrons. The average Bonchev–Trinajstić information content (AvgIpc) is 3.15. The number of hydrogen-bond acceptors (Lipinski definition) is 4. The molecular weight excluding hydrogens is 344 g/mol. The highest BCUT2D eigenvalue weighted by Crippen LogP contribution is 2.21. The summed E-state index contributed by atoms with van der Waals surface area (Å²) in [6.45, 7) is 3.91. The lowest BCUT2D eigenvalue weighted by Crippen LogP contribution is -2.34. The van der Waals surface area contributed by atoms with E-state index >= 15 is 0 Å². The molecule has 1 atom stereocenters. The van der Waals surface area contributed by atoms with Crippen LogP contribution in [0.1, 0.15) is 41.6 Å². The van der Waals surface area contributed by atoms with Gasteiger partial charge in [-0.15, -0.1) is 0 Å². The van der Waals surface area contributed by atoms with Crippen LogP contribution in [0, 0.1) is 5.92 Å². The fourth-order valence-corrected chi connectivity index (χ4v) is 2.95. The number of carboxylic acids is 1. The van der Waals surface area contributed by atoms with Gasteiger partial charge in [0.05, 0.1) is 11.6 Å². The SMILES string of the molecule is CC(C)c1cc(C(=O)NCC(Cc2cccc3ccccc23)C(=O)O)on1. The van der Waals surface area contributed by atoms with Crippen LogP contribution in [0.2, 0.25) is 0 Å². The molecule has 27 heavy (non-hydrogen) atoms. The Morgan fingerprint density at radius 2 is 1.89 bits per heavy atom. The predicted molar refractivity (Wildman–Crippen MR) is 102 cm³/mol. The van der Waals surface area contributed by atoms with E-state index in [0.29, 0.717) is 12.1 Å². The van der Waals surface area contributed by atoms with Gasteiger partial charge in [-0.1, -0.05) is 61.5 Å². The van der Waals surface area contributed by atoms with E-state index in [4.69, 9.17) is 4.52 Å². The van der Waals surface area contributed by atoms with Crippen molar-refractivity contribution in [1.82, 2.24) is 10.5 Å². The fraction of sp³-hybridized carbons (Fsp3) is 0.286. The normalized spacial score (nSPS) is 12.3. The number of carbonyl (C=O) groups is 2. The van der Waals surface area contributed by atoms with Crippen LogP contribution in [0.25, 0.3) is 10.8 Å². The summed E-state index contributed by atoms with van der Waals surface area (Å²) in [4.78, 5) is 23.9. The monoisotopic (exact) mass is 366 g/mol. The number of nitrogens with zero attached hydrogens (tertiary/aromatic N) is 1. The Kier molecular flexibility index (Phi) is 5.54. The van der Waals surface area contributed by atoms with Gasteiger partial charge in [0.2, 0.25) is 5.76 Å². The van der Waals surface area contributed by atoms with Crippen LogP contribution >= 0.6 is 0 Å². The quantitative estimate of drug-likeness (QED) is 0.666. The lowest BCUT2D eigenvalue weighted by Gasteiger charge is -2.14. The summed E-state index contributed by atoms with van der Waals surface area (Å²) in [6, 6.07) is 15.3. The van der Waals surface area contributed by atoms with Crippen molar-refractivity contribution in [3.8, 4) is 0 Å². The molecule has 6 heteroatoms. The van der Waals surface area contributed by atoms with Crippen LogP contribution in [0.15, 0.2) is 53.1 Å². The molecule has 1 unspecified atom stereocenters. The Morgan fingerprint density at radius 1 is 1.15 bits per heavy atom. The van der Waals surface area contributed by atoms with E-state index in [2.05, 4.69) is 10.5 Å². The summed E-state index contributed by atoms with van der Waals surface area (Å²) in [5.74, 6) is -1.92. The van der Waals surface area contributed by atoms with Crippen molar-refractivity contribution in [1.29, 1.82) is 0 Å². The minimum atomic E-state index is -0.955. The van der Waals surface area contributed by atoms with Crippen molar-refractivity contribution in [2.45, 2.75) is 26.2 Å². The zero-order valence-electron chi connectivity index (χ0n) is 15.3. The Morgan fingerprint density at radius 3 is 2.59 bits per heavy atom. The third kappa shape index (κ3) is 4.34. The summed E-state index contributed by atoms with van der Waals surface area (Å²) in [5, 5.41) is 18.2.